The summed E-state index contributed by atoms with van der Waals surface area (Å²) in [4.78, 5) is 4.22. The van der Waals surface area contributed by atoms with Gasteiger partial charge in [0.05, 0.1) is 12.6 Å². The fourth-order valence-corrected chi connectivity index (χ4v) is 1.88. The van der Waals surface area contributed by atoms with Crippen molar-refractivity contribution in [1.29, 1.82) is 0 Å². The van der Waals surface area contributed by atoms with Crippen LogP contribution in [0.3, 0.4) is 0 Å². The standard InChI is InChI=1S/C13H18N4O/c1-3-14-12(13-15-9-16-17-13)10-6-5-7-11(8-10)18-4-2/h5-9,12,14H,3-4H2,1-2H3,(H,15,16,17). The molecule has 0 amide bonds. The molecule has 2 rings (SSSR count). The van der Waals surface area contributed by atoms with Crippen LogP contribution in [-0.2, 0) is 0 Å². The Morgan fingerprint density at radius 2 is 2.28 bits per heavy atom. The molecule has 2 N–H and O–H groups in total. The van der Waals surface area contributed by atoms with Gasteiger partial charge in [0.15, 0.2) is 0 Å². The highest BCUT2D eigenvalue weighted by atomic mass is 16.5. The first-order chi connectivity index (χ1) is 8.85. The van der Waals surface area contributed by atoms with Crippen LogP contribution in [0.25, 0.3) is 0 Å². The van der Waals surface area contributed by atoms with Gasteiger partial charge in [0.2, 0.25) is 0 Å². The molecule has 5 nitrogen and oxygen atoms in total. The summed E-state index contributed by atoms with van der Waals surface area (Å²) in [5, 5.41) is 10.2. The summed E-state index contributed by atoms with van der Waals surface area (Å²) in [6.45, 7) is 5.56. The van der Waals surface area contributed by atoms with Crippen molar-refractivity contribution >= 4 is 0 Å². The zero-order valence-electron chi connectivity index (χ0n) is 10.7. The predicted molar refractivity (Wildman–Crippen MR) is 69.5 cm³/mol. The minimum atomic E-state index is 0.0120. The summed E-state index contributed by atoms with van der Waals surface area (Å²) in [5.74, 6) is 1.68. The van der Waals surface area contributed by atoms with Crippen LogP contribution in [0, 0.1) is 0 Å². The van der Waals surface area contributed by atoms with E-state index < -0.39 is 0 Å². The topological polar surface area (TPSA) is 62.8 Å². The van der Waals surface area contributed by atoms with Crippen molar-refractivity contribution in [3.05, 3.63) is 42.0 Å². The molecule has 96 valence electrons. The van der Waals surface area contributed by atoms with Crippen molar-refractivity contribution in [3.63, 3.8) is 0 Å². The van der Waals surface area contributed by atoms with Gasteiger partial charge in [-0.1, -0.05) is 19.1 Å². The molecule has 0 spiro atoms. The number of nitrogens with zero attached hydrogens (tertiary/aromatic N) is 2. The number of hydrogen-bond donors (Lipinski definition) is 2. The molecule has 0 aliphatic rings. The highest BCUT2D eigenvalue weighted by Crippen LogP contribution is 2.22. The Bertz CT molecular complexity index is 470. The second kappa shape index (κ2) is 6.16. The van der Waals surface area contributed by atoms with Gasteiger partial charge in [-0.25, -0.2) is 4.98 Å². The Hall–Kier alpha value is -1.88. The van der Waals surface area contributed by atoms with Gasteiger partial charge in [-0.15, -0.1) is 0 Å². The quantitative estimate of drug-likeness (QED) is 0.817. The second-order valence-corrected chi connectivity index (χ2v) is 3.87. The summed E-state index contributed by atoms with van der Waals surface area (Å²) < 4.78 is 5.52. The maximum atomic E-state index is 5.52. The molecule has 1 unspecified atom stereocenters. The molecule has 0 saturated heterocycles. The summed E-state index contributed by atoms with van der Waals surface area (Å²) in [5.41, 5.74) is 1.11. The van der Waals surface area contributed by atoms with E-state index in [-0.39, 0.29) is 6.04 Å². The van der Waals surface area contributed by atoms with Crippen molar-refractivity contribution in [1.82, 2.24) is 20.5 Å². The summed E-state index contributed by atoms with van der Waals surface area (Å²) in [7, 11) is 0. The third kappa shape index (κ3) is 2.87. The molecule has 0 fully saturated rings. The Labute approximate surface area is 107 Å². The third-order valence-electron chi connectivity index (χ3n) is 2.62. The lowest BCUT2D eigenvalue weighted by molar-refractivity contribution is 0.339. The summed E-state index contributed by atoms with van der Waals surface area (Å²) in [6.07, 6.45) is 1.52. The van der Waals surface area contributed by atoms with E-state index in [1.54, 1.807) is 0 Å². The largest absolute Gasteiger partial charge is 0.494 e. The number of benzene rings is 1. The first-order valence-corrected chi connectivity index (χ1v) is 6.16. The smallest absolute Gasteiger partial charge is 0.145 e. The van der Waals surface area contributed by atoms with Crippen LogP contribution < -0.4 is 10.1 Å². The van der Waals surface area contributed by atoms with Crippen molar-refractivity contribution in [2.24, 2.45) is 0 Å². The van der Waals surface area contributed by atoms with E-state index in [0.717, 1.165) is 23.7 Å². The van der Waals surface area contributed by atoms with Gasteiger partial charge in [-0.05, 0) is 31.2 Å². The number of H-pyrrole nitrogens is 1. The number of aromatic nitrogens is 3. The van der Waals surface area contributed by atoms with E-state index in [9.17, 15) is 0 Å². The van der Waals surface area contributed by atoms with Crippen LogP contribution in [0.15, 0.2) is 30.6 Å². The van der Waals surface area contributed by atoms with E-state index in [0.29, 0.717) is 6.61 Å². The van der Waals surface area contributed by atoms with Crippen molar-refractivity contribution in [2.45, 2.75) is 19.9 Å². The highest BCUT2D eigenvalue weighted by Gasteiger charge is 2.16. The van der Waals surface area contributed by atoms with Gasteiger partial charge >= 0.3 is 0 Å². The summed E-state index contributed by atoms with van der Waals surface area (Å²) in [6, 6.07) is 8.03. The first kappa shape index (κ1) is 12.6. The van der Waals surface area contributed by atoms with Gasteiger partial charge in [0, 0.05) is 0 Å². The average Bonchev–Trinajstić information content (AvgIpc) is 2.90. The van der Waals surface area contributed by atoms with Gasteiger partial charge in [0.25, 0.3) is 0 Å². The third-order valence-corrected chi connectivity index (χ3v) is 2.62. The Kier molecular flexibility index (Phi) is 4.30. The average molecular weight is 246 g/mol. The van der Waals surface area contributed by atoms with Crippen molar-refractivity contribution < 1.29 is 4.74 Å². The van der Waals surface area contributed by atoms with Crippen LogP contribution in [0.1, 0.15) is 31.3 Å². The fraction of sp³-hybridized carbons (Fsp3) is 0.385. The lowest BCUT2D eigenvalue weighted by atomic mass is 10.1. The number of rotatable bonds is 6. The molecule has 18 heavy (non-hydrogen) atoms. The SMILES string of the molecule is CCNC(c1cccc(OCC)c1)c1ncn[nH]1. The lowest BCUT2D eigenvalue weighted by Gasteiger charge is -2.16. The van der Waals surface area contributed by atoms with E-state index in [2.05, 4.69) is 33.5 Å². The second-order valence-electron chi connectivity index (χ2n) is 3.87. The minimum Gasteiger partial charge on any atom is -0.494 e. The molecule has 0 saturated carbocycles. The lowest BCUT2D eigenvalue weighted by Crippen LogP contribution is -2.23. The molecule has 1 atom stereocenters. The maximum Gasteiger partial charge on any atom is 0.145 e. The van der Waals surface area contributed by atoms with Gasteiger partial charge < -0.3 is 10.1 Å². The maximum absolute atomic E-state index is 5.52. The van der Waals surface area contributed by atoms with E-state index in [4.69, 9.17) is 4.74 Å². The molecular formula is C13H18N4O. The van der Waals surface area contributed by atoms with E-state index in [1.807, 2.05) is 25.1 Å². The van der Waals surface area contributed by atoms with Crippen molar-refractivity contribution in [2.75, 3.05) is 13.2 Å². The molecule has 1 heterocycles. The Morgan fingerprint density at radius 3 is 2.94 bits per heavy atom. The molecule has 1 aromatic carbocycles. The van der Waals surface area contributed by atoms with Crippen LogP contribution in [0.4, 0.5) is 0 Å². The highest BCUT2D eigenvalue weighted by molar-refractivity contribution is 5.33. The zero-order chi connectivity index (χ0) is 12.8. The molecular weight excluding hydrogens is 228 g/mol. The van der Waals surface area contributed by atoms with Crippen LogP contribution in [0.5, 0.6) is 5.75 Å². The normalized spacial score (nSPS) is 12.3. The molecule has 0 aliphatic heterocycles. The fourth-order valence-electron chi connectivity index (χ4n) is 1.88. The molecule has 2 aromatic rings. The van der Waals surface area contributed by atoms with Crippen LogP contribution in [0.2, 0.25) is 0 Å². The molecule has 0 aliphatic carbocycles. The van der Waals surface area contributed by atoms with Crippen LogP contribution >= 0.6 is 0 Å². The molecule has 5 heteroatoms. The molecule has 0 bridgehead atoms. The summed E-state index contributed by atoms with van der Waals surface area (Å²) >= 11 is 0. The molecule has 0 radical (unpaired) electrons. The van der Waals surface area contributed by atoms with Crippen LogP contribution in [-0.4, -0.2) is 28.3 Å². The van der Waals surface area contributed by atoms with Gasteiger partial charge in [0.1, 0.15) is 17.9 Å². The Morgan fingerprint density at radius 1 is 1.39 bits per heavy atom. The van der Waals surface area contributed by atoms with E-state index >= 15 is 0 Å². The minimum absolute atomic E-state index is 0.0120. The predicted octanol–water partition coefficient (Wildman–Crippen LogP) is 1.90. The number of nitrogens with one attached hydrogen (secondary N) is 2. The monoisotopic (exact) mass is 246 g/mol. The Balaban J connectivity index is 2.27. The number of ether oxygens (including phenoxy) is 1. The van der Waals surface area contributed by atoms with Gasteiger partial charge in [-0.3, -0.25) is 5.10 Å². The van der Waals surface area contributed by atoms with E-state index in [1.165, 1.54) is 6.33 Å². The number of aromatic amines is 1. The van der Waals surface area contributed by atoms with Crippen molar-refractivity contribution in [3.8, 4) is 5.75 Å². The molecule has 1 aromatic heterocycles. The first-order valence-electron chi connectivity index (χ1n) is 6.16. The zero-order valence-corrected chi connectivity index (χ0v) is 10.7. The van der Waals surface area contributed by atoms with Gasteiger partial charge in [-0.2, -0.15) is 5.10 Å². The number of hydrogen-bond acceptors (Lipinski definition) is 4.